The van der Waals surface area contributed by atoms with Crippen LogP contribution in [-0.2, 0) is 11.2 Å². The van der Waals surface area contributed by atoms with Gasteiger partial charge in [0.1, 0.15) is 5.41 Å². The number of anilines is 3. The van der Waals surface area contributed by atoms with Gasteiger partial charge in [0.05, 0.1) is 17.4 Å². The van der Waals surface area contributed by atoms with Crippen LogP contribution in [0.4, 0.5) is 17.3 Å². The Morgan fingerprint density at radius 2 is 1.76 bits per heavy atom. The minimum Gasteiger partial charge on any atom is -0.363 e. The summed E-state index contributed by atoms with van der Waals surface area (Å²) in [4.78, 5) is 27.7. The van der Waals surface area contributed by atoms with Gasteiger partial charge in [0.15, 0.2) is 0 Å². The first-order valence-electron chi connectivity index (χ1n) is 11.1. The summed E-state index contributed by atoms with van der Waals surface area (Å²) in [5.41, 5.74) is 3.18. The maximum atomic E-state index is 14.2. The molecule has 8 heteroatoms. The summed E-state index contributed by atoms with van der Waals surface area (Å²) < 4.78 is 0. The highest BCUT2D eigenvalue weighted by Crippen LogP contribution is 2.48. The molecule has 3 aliphatic rings. The highest BCUT2D eigenvalue weighted by atomic mass is 35.5. The number of aromatic nitrogens is 2. The fourth-order valence-electron chi connectivity index (χ4n) is 5.46. The van der Waals surface area contributed by atoms with E-state index in [2.05, 4.69) is 38.0 Å². The number of fused-ring (bicyclic) bond motifs is 4. The van der Waals surface area contributed by atoms with Crippen molar-refractivity contribution >= 4 is 40.5 Å². The maximum absolute atomic E-state index is 14.2. The van der Waals surface area contributed by atoms with E-state index < -0.39 is 5.41 Å². The predicted molar refractivity (Wildman–Crippen MR) is 130 cm³/mol. The third-order valence-electron chi connectivity index (χ3n) is 7.10. The first kappa shape index (κ1) is 20.2. The van der Waals surface area contributed by atoms with Crippen LogP contribution in [0.5, 0.6) is 0 Å². The lowest BCUT2D eigenvalue weighted by molar-refractivity contribution is -0.125. The van der Waals surface area contributed by atoms with Gasteiger partial charge >= 0.3 is 0 Å². The van der Waals surface area contributed by atoms with E-state index in [0.717, 1.165) is 24.5 Å². The van der Waals surface area contributed by atoms with Gasteiger partial charge in [0.2, 0.25) is 5.95 Å². The van der Waals surface area contributed by atoms with Crippen molar-refractivity contribution in [2.24, 2.45) is 10.5 Å². The molecule has 6 rings (SSSR count). The number of amides is 1. The molecule has 4 heterocycles. The van der Waals surface area contributed by atoms with Gasteiger partial charge in [-0.05, 0) is 55.3 Å². The average molecular weight is 459 g/mol. The zero-order valence-corrected chi connectivity index (χ0v) is 19.0. The molecular weight excluding hydrogens is 436 g/mol. The van der Waals surface area contributed by atoms with Gasteiger partial charge in [0, 0.05) is 42.7 Å². The number of nitrogens with zero attached hydrogens (tertiary/aromatic N) is 6. The van der Waals surface area contributed by atoms with Gasteiger partial charge < -0.3 is 9.80 Å². The Labute approximate surface area is 197 Å². The number of hydrogen-bond donors (Lipinski definition) is 0. The van der Waals surface area contributed by atoms with E-state index in [4.69, 9.17) is 16.7 Å². The van der Waals surface area contributed by atoms with Crippen molar-refractivity contribution < 1.29 is 4.79 Å². The van der Waals surface area contributed by atoms with Gasteiger partial charge in [-0.3, -0.25) is 4.79 Å². The molecule has 1 amide bonds. The van der Waals surface area contributed by atoms with Crippen molar-refractivity contribution in [3.05, 3.63) is 77.6 Å². The van der Waals surface area contributed by atoms with Crippen LogP contribution in [0, 0.1) is 5.41 Å². The van der Waals surface area contributed by atoms with E-state index in [-0.39, 0.29) is 11.9 Å². The predicted octanol–water partition coefficient (Wildman–Crippen LogP) is 3.79. The monoisotopic (exact) mass is 458 g/mol. The largest absolute Gasteiger partial charge is 0.363 e. The van der Waals surface area contributed by atoms with Gasteiger partial charge in [-0.1, -0.05) is 29.8 Å². The van der Waals surface area contributed by atoms with Gasteiger partial charge in [-0.2, -0.15) is 10.1 Å². The molecule has 33 heavy (non-hydrogen) atoms. The van der Waals surface area contributed by atoms with E-state index in [1.807, 2.05) is 31.2 Å². The number of carbonyl (C=O) groups excluding carboxylic acids is 1. The molecule has 0 saturated carbocycles. The lowest BCUT2D eigenvalue weighted by Crippen LogP contribution is -2.67. The molecule has 0 N–H and O–H groups in total. The number of benzene rings is 2. The molecule has 3 aliphatic heterocycles. The van der Waals surface area contributed by atoms with Crippen molar-refractivity contribution in [2.45, 2.75) is 19.4 Å². The van der Waals surface area contributed by atoms with Gasteiger partial charge in [-0.15, -0.1) is 0 Å². The molecule has 166 valence electrons. The summed E-state index contributed by atoms with van der Waals surface area (Å²) in [6, 6.07) is 17.4. The molecule has 2 atom stereocenters. The topological polar surface area (TPSA) is 64.9 Å². The number of hydrazone groups is 1. The van der Waals surface area contributed by atoms with Crippen molar-refractivity contribution in [3.63, 3.8) is 0 Å². The number of hydrogen-bond acceptors (Lipinski definition) is 6. The first-order valence-corrected chi connectivity index (χ1v) is 11.5. The van der Waals surface area contributed by atoms with E-state index >= 15 is 0 Å². The third kappa shape index (κ3) is 3.03. The first-order chi connectivity index (χ1) is 16.1. The highest BCUT2D eigenvalue weighted by Gasteiger charge is 2.60. The number of rotatable bonds is 2. The van der Waals surface area contributed by atoms with E-state index in [1.165, 1.54) is 11.3 Å². The average Bonchev–Trinajstić information content (AvgIpc) is 3.10. The molecule has 7 nitrogen and oxygen atoms in total. The van der Waals surface area contributed by atoms with Crippen molar-refractivity contribution in [1.29, 1.82) is 0 Å². The SMILES string of the molecule is CC1=NN(c2ccc(Cl)cc2)C(=O)[C@@]12Cc1ccccc1N1CCN(c3ncccn3)C[C@H]12. The van der Waals surface area contributed by atoms with Crippen LogP contribution >= 0.6 is 11.6 Å². The highest BCUT2D eigenvalue weighted by molar-refractivity contribution is 6.30. The van der Waals surface area contributed by atoms with Crippen LogP contribution in [0.1, 0.15) is 12.5 Å². The summed E-state index contributed by atoms with van der Waals surface area (Å²) in [5, 5.41) is 6.97. The minimum atomic E-state index is -0.762. The number of halogens is 1. The fourth-order valence-corrected chi connectivity index (χ4v) is 5.59. The molecular formula is C25H23ClN6O. The summed E-state index contributed by atoms with van der Waals surface area (Å²) in [7, 11) is 0. The Balaban J connectivity index is 1.45. The lowest BCUT2D eigenvalue weighted by Gasteiger charge is -2.53. The number of carbonyl (C=O) groups is 1. The zero-order chi connectivity index (χ0) is 22.6. The van der Waals surface area contributed by atoms with E-state index in [0.29, 0.717) is 23.9 Å². The quantitative estimate of drug-likeness (QED) is 0.584. The Hall–Kier alpha value is -3.45. The van der Waals surface area contributed by atoms with Crippen molar-refractivity contribution in [2.75, 3.05) is 34.4 Å². The molecule has 2 aromatic carbocycles. The van der Waals surface area contributed by atoms with Crippen LogP contribution in [0.3, 0.4) is 0 Å². The molecule has 0 bridgehead atoms. The van der Waals surface area contributed by atoms with Crippen LogP contribution < -0.4 is 14.8 Å². The standard InChI is InChI=1S/C25H23ClN6O/c1-17-25(23(33)32(29-17)20-9-7-19(26)8-10-20)15-18-5-2-3-6-21(18)31-14-13-30(16-22(25)31)24-27-11-4-12-28-24/h2-12,22H,13-16H2,1H3/t22-,25-/m0/s1. The molecule has 0 radical (unpaired) electrons. The maximum Gasteiger partial charge on any atom is 0.261 e. The summed E-state index contributed by atoms with van der Waals surface area (Å²) >= 11 is 6.08. The van der Waals surface area contributed by atoms with E-state index in [1.54, 1.807) is 29.5 Å². The number of piperazine rings is 1. The summed E-state index contributed by atoms with van der Waals surface area (Å²) in [6.07, 6.45) is 4.14. The van der Waals surface area contributed by atoms with Gasteiger partial charge in [-0.25, -0.2) is 9.97 Å². The molecule has 1 saturated heterocycles. The lowest BCUT2D eigenvalue weighted by atomic mass is 9.67. The molecule has 1 fully saturated rings. The zero-order valence-electron chi connectivity index (χ0n) is 18.2. The number of para-hydroxylation sites is 1. The molecule has 1 spiro atoms. The molecule has 1 aromatic heterocycles. The summed E-state index contributed by atoms with van der Waals surface area (Å²) in [6.45, 7) is 4.20. The van der Waals surface area contributed by atoms with Crippen LogP contribution in [-0.4, -0.2) is 47.3 Å². The van der Waals surface area contributed by atoms with Crippen molar-refractivity contribution in [3.8, 4) is 0 Å². The van der Waals surface area contributed by atoms with E-state index in [9.17, 15) is 4.79 Å². The minimum absolute atomic E-state index is 0.00246. The second-order valence-corrected chi connectivity index (χ2v) is 9.20. The Kier molecular flexibility index (Phi) is 4.62. The van der Waals surface area contributed by atoms with Crippen LogP contribution in [0.25, 0.3) is 0 Å². The summed E-state index contributed by atoms with van der Waals surface area (Å²) in [5.74, 6) is 0.698. The normalized spacial score (nSPS) is 24.1. The second-order valence-electron chi connectivity index (χ2n) is 8.76. The Morgan fingerprint density at radius 3 is 2.55 bits per heavy atom. The third-order valence-corrected chi connectivity index (χ3v) is 7.35. The smallest absolute Gasteiger partial charge is 0.261 e. The fraction of sp³-hybridized carbons (Fsp3) is 0.280. The van der Waals surface area contributed by atoms with Gasteiger partial charge in [0.25, 0.3) is 5.91 Å². The Bertz CT molecular complexity index is 1250. The molecule has 3 aromatic rings. The van der Waals surface area contributed by atoms with Crippen LogP contribution in [0.2, 0.25) is 5.02 Å². The molecule has 0 unspecified atom stereocenters. The Morgan fingerprint density at radius 1 is 1.00 bits per heavy atom. The van der Waals surface area contributed by atoms with Crippen molar-refractivity contribution in [1.82, 2.24) is 9.97 Å². The molecule has 0 aliphatic carbocycles. The second kappa shape index (κ2) is 7.56. The van der Waals surface area contributed by atoms with Crippen LogP contribution in [0.15, 0.2) is 72.1 Å².